The molecule has 4 nitrogen and oxygen atoms in total. The minimum absolute atomic E-state index is 0.109. The van der Waals surface area contributed by atoms with Crippen molar-refractivity contribution in [3.05, 3.63) is 41.1 Å². The first kappa shape index (κ1) is 17.4. The number of urea groups is 1. The van der Waals surface area contributed by atoms with Gasteiger partial charge in [-0.2, -0.15) is 0 Å². The summed E-state index contributed by atoms with van der Waals surface area (Å²) in [4.78, 5) is 15.1. The number of hydrogen-bond donors (Lipinski definition) is 1. The Bertz CT molecular complexity index is 633. The number of amides is 2. The SMILES string of the molecule is CC1=C(c2ccc(C)cc2)[S+]([O-])CN1C(=O)N[C@H]1CC[C@H](C)CC1. The highest BCUT2D eigenvalue weighted by Crippen LogP contribution is 2.34. The fraction of sp³-hybridized carbons (Fsp3) is 0.526. The summed E-state index contributed by atoms with van der Waals surface area (Å²) < 4.78 is 12.6. The predicted octanol–water partition coefficient (Wildman–Crippen LogP) is 3.99. The van der Waals surface area contributed by atoms with Gasteiger partial charge < -0.3 is 9.87 Å². The van der Waals surface area contributed by atoms with E-state index in [1.54, 1.807) is 4.90 Å². The van der Waals surface area contributed by atoms with Gasteiger partial charge in [-0.05, 0) is 57.6 Å². The van der Waals surface area contributed by atoms with E-state index < -0.39 is 11.2 Å². The van der Waals surface area contributed by atoms with E-state index in [0.29, 0.717) is 0 Å². The number of hydrogen-bond acceptors (Lipinski definition) is 2. The third-order valence-corrected chi connectivity index (χ3v) is 6.59. The van der Waals surface area contributed by atoms with Crippen molar-refractivity contribution >= 4 is 22.1 Å². The molecule has 0 aromatic heterocycles. The molecule has 1 atom stereocenters. The van der Waals surface area contributed by atoms with Gasteiger partial charge in [0.25, 0.3) is 0 Å². The molecule has 1 aliphatic heterocycles. The monoisotopic (exact) mass is 346 g/mol. The normalized spacial score (nSPS) is 27.5. The standard InChI is InChI=1S/C19H26N2O2S/c1-13-4-8-16(9-5-13)18-15(3)21(12-24(18)23)19(22)20-17-10-6-14(2)7-11-17/h4-5,8-9,14,17H,6-7,10-12H2,1-3H3,(H,20,22)/t14-,17-,24?. The van der Waals surface area contributed by atoms with Gasteiger partial charge in [0.05, 0.1) is 5.70 Å². The van der Waals surface area contributed by atoms with Crippen molar-refractivity contribution in [3.63, 3.8) is 0 Å². The fourth-order valence-corrected chi connectivity index (χ4v) is 4.99. The molecule has 1 N–H and O–H groups in total. The summed E-state index contributed by atoms with van der Waals surface area (Å²) in [5, 5.41) is 3.13. The van der Waals surface area contributed by atoms with E-state index in [-0.39, 0.29) is 17.9 Å². The number of benzene rings is 1. The lowest BCUT2D eigenvalue weighted by molar-refractivity contribution is 0.206. The number of carbonyl (C=O) groups excluding carboxylic acids is 1. The molecule has 2 aliphatic rings. The quantitative estimate of drug-likeness (QED) is 0.823. The Balaban J connectivity index is 1.72. The van der Waals surface area contributed by atoms with Crippen molar-refractivity contribution < 1.29 is 9.35 Å². The molecule has 1 fully saturated rings. The van der Waals surface area contributed by atoms with Crippen LogP contribution >= 0.6 is 0 Å². The van der Waals surface area contributed by atoms with Crippen LogP contribution in [0.25, 0.3) is 4.91 Å². The molecule has 1 saturated carbocycles. The van der Waals surface area contributed by atoms with Crippen molar-refractivity contribution in [3.8, 4) is 0 Å². The molecule has 3 rings (SSSR count). The summed E-state index contributed by atoms with van der Waals surface area (Å²) in [6.07, 6.45) is 4.41. The Kier molecular flexibility index (Phi) is 5.21. The van der Waals surface area contributed by atoms with E-state index in [1.807, 2.05) is 38.1 Å². The van der Waals surface area contributed by atoms with Crippen molar-refractivity contribution in [1.29, 1.82) is 0 Å². The first-order valence-electron chi connectivity index (χ1n) is 8.70. The van der Waals surface area contributed by atoms with Crippen LogP contribution in [0.3, 0.4) is 0 Å². The minimum Gasteiger partial charge on any atom is -0.610 e. The predicted molar refractivity (Wildman–Crippen MR) is 98.6 cm³/mol. The van der Waals surface area contributed by atoms with E-state index >= 15 is 0 Å². The molecule has 1 aromatic rings. The lowest BCUT2D eigenvalue weighted by Crippen LogP contribution is -2.44. The molecule has 1 aliphatic carbocycles. The number of rotatable bonds is 2. The Morgan fingerprint density at radius 3 is 2.42 bits per heavy atom. The summed E-state index contributed by atoms with van der Waals surface area (Å²) >= 11 is -1.17. The zero-order valence-corrected chi connectivity index (χ0v) is 15.5. The first-order chi connectivity index (χ1) is 11.5. The number of allylic oxidation sites excluding steroid dienone is 1. The molecular formula is C19H26N2O2S. The maximum Gasteiger partial charge on any atom is 0.325 e. The summed E-state index contributed by atoms with van der Waals surface area (Å²) in [6.45, 7) is 6.19. The second-order valence-corrected chi connectivity index (χ2v) is 8.45. The van der Waals surface area contributed by atoms with Crippen LogP contribution in [0.5, 0.6) is 0 Å². The summed E-state index contributed by atoms with van der Waals surface area (Å²) in [5.41, 5.74) is 2.92. The van der Waals surface area contributed by atoms with Gasteiger partial charge in [0, 0.05) is 22.8 Å². The van der Waals surface area contributed by atoms with E-state index in [9.17, 15) is 9.35 Å². The van der Waals surface area contributed by atoms with Gasteiger partial charge >= 0.3 is 6.03 Å². The van der Waals surface area contributed by atoms with E-state index in [2.05, 4.69) is 12.2 Å². The van der Waals surface area contributed by atoms with Crippen LogP contribution in [-0.2, 0) is 11.2 Å². The van der Waals surface area contributed by atoms with Crippen molar-refractivity contribution in [2.45, 2.75) is 52.5 Å². The van der Waals surface area contributed by atoms with Gasteiger partial charge in [-0.1, -0.05) is 24.6 Å². The molecule has 1 heterocycles. The van der Waals surface area contributed by atoms with Crippen molar-refractivity contribution in [2.75, 3.05) is 5.88 Å². The summed E-state index contributed by atoms with van der Waals surface area (Å²) in [7, 11) is 0. The Labute approximate surface area is 147 Å². The van der Waals surface area contributed by atoms with Gasteiger partial charge in [0.2, 0.25) is 0 Å². The number of nitrogens with one attached hydrogen (secondary N) is 1. The lowest BCUT2D eigenvalue weighted by atomic mass is 9.87. The molecule has 0 saturated heterocycles. The highest BCUT2D eigenvalue weighted by Gasteiger charge is 2.37. The molecule has 5 heteroatoms. The maximum absolute atomic E-state index is 12.6. The van der Waals surface area contributed by atoms with Crippen LogP contribution in [0.15, 0.2) is 30.0 Å². The van der Waals surface area contributed by atoms with E-state index in [0.717, 1.165) is 34.9 Å². The number of nitrogens with zero attached hydrogens (tertiary/aromatic N) is 1. The van der Waals surface area contributed by atoms with Crippen LogP contribution in [0, 0.1) is 12.8 Å². The van der Waals surface area contributed by atoms with E-state index in [1.165, 1.54) is 18.4 Å². The molecule has 1 aromatic carbocycles. The first-order valence-corrected chi connectivity index (χ1v) is 10.0. The minimum atomic E-state index is -1.17. The van der Waals surface area contributed by atoms with Crippen LogP contribution < -0.4 is 5.32 Å². The highest BCUT2D eigenvalue weighted by atomic mass is 32.2. The Morgan fingerprint density at radius 1 is 1.17 bits per heavy atom. The maximum atomic E-state index is 12.6. The van der Waals surface area contributed by atoms with Gasteiger partial charge in [0.15, 0.2) is 10.8 Å². The van der Waals surface area contributed by atoms with Gasteiger partial charge in [-0.15, -0.1) is 0 Å². The zero-order chi connectivity index (χ0) is 17.3. The second-order valence-electron chi connectivity index (χ2n) is 7.09. The highest BCUT2D eigenvalue weighted by molar-refractivity contribution is 8.00. The van der Waals surface area contributed by atoms with Gasteiger partial charge in [-0.25, -0.2) is 9.69 Å². The van der Waals surface area contributed by atoms with E-state index in [4.69, 9.17) is 0 Å². The van der Waals surface area contributed by atoms with Crippen LogP contribution in [0.2, 0.25) is 0 Å². The van der Waals surface area contributed by atoms with Gasteiger partial charge in [0.1, 0.15) is 0 Å². The lowest BCUT2D eigenvalue weighted by Gasteiger charge is -2.28. The molecular weight excluding hydrogens is 320 g/mol. The summed E-state index contributed by atoms with van der Waals surface area (Å²) in [6, 6.07) is 8.13. The topological polar surface area (TPSA) is 55.4 Å². The van der Waals surface area contributed by atoms with Crippen molar-refractivity contribution in [1.82, 2.24) is 10.2 Å². The van der Waals surface area contributed by atoms with Crippen LogP contribution in [0.4, 0.5) is 4.79 Å². The zero-order valence-electron chi connectivity index (χ0n) is 14.7. The van der Waals surface area contributed by atoms with Gasteiger partial charge in [-0.3, -0.25) is 0 Å². The number of carbonyl (C=O) groups is 1. The molecule has 0 bridgehead atoms. The molecule has 24 heavy (non-hydrogen) atoms. The third-order valence-electron chi connectivity index (χ3n) is 5.11. The molecule has 1 unspecified atom stereocenters. The smallest absolute Gasteiger partial charge is 0.325 e. The summed E-state index contributed by atoms with van der Waals surface area (Å²) in [5.74, 6) is 1.01. The second kappa shape index (κ2) is 7.19. The molecule has 130 valence electrons. The van der Waals surface area contributed by atoms with Crippen LogP contribution in [0.1, 0.15) is 50.7 Å². The number of aryl methyl sites for hydroxylation is 1. The third kappa shape index (κ3) is 3.62. The Hall–Kier alpha value is -1.46. The fourth-order valence-electron chi connectivity index (χ4n) is 3.48. The average molecular weight is 346 g/mol. The molecule has 0 radical (unpaired) electrons. The van der Waals surface area contributed by atoms with Crippen molar-refractivity contribution in [2.24, 2.45) is 5.92 Å². The average Bonchev–Trinajstić information content (AvgIpc) is 2.85. The van der Waals surface area contributed by atoms with Crippen LogP contribution in [-0.4, -0.2) is 27.4 Å². The molecule has 0 spiro atoms. The molecule has 2 amide bonds. The Morgan fingerprint density at radius 2 is 1.79 bits per heavy atom. The largest absolute Gasteiger partial charge is 0.610 e.